The maximum absolute atomic E-state index is 13.2. The van der Waals surface area contributed by atoms with Crippen LogP contribution in [0.5, 0.6) is 0 Å². The van der Waals surface area contributed by atoms with Crippen molar-refractivity contribution in [2.45, 2.75) is 23.8 Å². The summed E-state index contributed by atoms with van der Waals surface area (Å²) in [7, 11) is -3.96. The fraction of sp³-hybridized carbons (Fsp3) is 0.200. The number of carbonyl (C=O) groups is 1. The van der Waals surface area contributed by atoms with Crippen molar-refractivity contribution in [3.05, 3.63) is 69.8 Å². The predicted octanol–water partition coefficient (Wildman–Crippen LogP) is 3.65. The molecule has 1 saturated heterocycles. The molecular formula is C20H17FN4O5S2. The third-order valence-corrected chi connectivity index (χ3v) is 7.71. The smallest absolute Gasteiger partial charge is 0.269 e. The highest BCUT2D eigenvalue weighted by molar-refractivity contribution is 7.89. The second-order valence-corrected chi connectivity index (χ2v) is 9.81. The van der Waals surface area contributed by atoms with Crippen molar-refractivity contribution in [1.82, 2.24) is 9.29 Å². The lowest BCUT2D eigenvalue weighted by molar-refractivity contribution is -0.384. The van der Waals surface area contributed by atoms with Gasteiger partial charge in [0.2, 0.25) is 15.9 Å². The molecule has 1 amide bonds. The topological polar surface area (TPSA) is 123 Å². The van der Waals surface area contributed by atoms with Gasteiger partial charge in [0, 0.05) is 29.6 Å². The molecule has 1 fully saturated rings. The Morgan fingerprint density at radius 2 is 1.88 bits per heavy atom. The molecule has 32 heavy (non-hydrogen) atoms. The summed E-state index contributed by atoms with van der Waals surface area (Å²) in [6.45, 7) is 0.184. The SMILES string of the molecule is O=C(Nc1nc(-c2ccc([N+](=O)[O-])cc2)cs1)C1CCCN1S(=O)(=O)c1ccc(F)cc1. The molecule has 166 valence electrons. The van der Waals surface area contributed by atoms with Crippen LogP contribution in [0, 0.1) is 15.9 Å². The van der Waals surface area contributed by atoms with E-state index in [-0.39, 0.29) is 22.3 Å². The Labute approximate surface area is 186 Å². The van der Waals surface area contributed by atoms with Gasteiger partial charge in [-0.05, 0) is 49.2 Å². The highest BCUT2D eigenvalue weighted by Crippen LogP contribution is 2.29. The van der Waals surface area contributed by atoms with Gasteiger partial charge in [-0.15, -0.1) is 11.3 Å². The first-order valence-corrected chi connectivity index (χ1v) is 11.9. The van der Waals surface area contributed by atoms with E-state index in [2.05, 4.69) is 10.3 Å². The molecule has 9 nitrogen and oxygen atoms in total. The highest BCUT2D eigenvalue weighted by atomic mass is 32.2. The number of nitro benzene ring substituents is 1. The van der Waals surface area contributed by atoms with Crippen LogP contribution >= 0.6 is 11.3 Å². The molecule has 0 radical (unpaired) electrons. The molecule has 1 N–H and O–H groups in total. The van der Waals surface area contributed by atoms with Gasteiger partial charge in [0.15, 0.2) is 5.13 Å². The van der Waals surface area contributed by atoms with Crippen molar-refractivity contribution >= 4 is 38.1 Å². The van der Waals surface area contributed by atoms with Crippen LogP contribution in [0.25, 0.3) is 11.3 Å². The van der Waals surface area contributed by atoms with E-state index in [0.717, 1.165) is 27.8 Å². The number of non-ortho nitro benzene ring substituents is 1. The van der Waals surface area contributed by atoms with Gasteiger partial charge >= 0.3 is 0 Å². The lowest BCUT2D eigenvalue weighted by Crippen LogP contribution is -2.43. The molecular weight excluding hydrogens is 459 g/mol. The standard InChI is InChI=1S/C20H17FN4O5S2/c21-14-5-9-16(10-6-14)32(29,30)24-11-1-2-18(24)19(26)23-20-22-17(12-31-20)13-3-7-15(8-4-13)25(27)28/h3-10,12,18H,1-2,11H2,(H,22,23,26). The van der Waals surface area contributed by atoms with Crippen molar-refractivity contribution in [3.63, 3.8) is 0 Å². The van der Waals surface area contributed by atoms with Crippen molar-refractivity contribution in [2.24, 2.45) is 0 Å². The molecule has 1 unspecified atom stereocenters. The summed E-state index contributed by atoms with van der Waals surface area (Å²) >= 11 is 1.16. The van der Waals surface area contributed by atoms with Gasteiger partial charge in [-0.3, -0.25) is 14.9 Å². The number of benzene rings is 2. The van der Waals surface area contributed by atoms with Gasteiger partial charge < -0.3 is 5.32 Å². The first-order chi connectivity index (χ1) is 15.3. The number of hydrogen-bond acceptors (Lipinski definition) is 7. The van der Waals surface area contributed by atoms with Crippen molar-refractivity contribution in [3.8, 4) is 11.3 Å². The Bertz CT molecular complexity index is 1260. The summed E-state index contributed by atoms with van der Waals surface area (Å²) in [6, 6.07) is 9.43. The Morgan fingerprint density at radius 3 is 2.53 bits per heavy atom. The van der Waals surface area contributed by atoms with Crippen LogP contribution in [0.2, 0.25) is 0 Å². The molecule has 1 aliphatic heterocycles. The Hall–Kier alpha value is -3.22. The molecule has 4 rings (SSSR count). The Morgan fingerprint density at radius 1 is 1.19 bits per heavy atom. The number of aromatic nitrogens is 1. The lowest BCUT2D eigenvalue weighted by Gasteiger charge is -2.23. The number of carbonyl (C=O) groups excluding carboxylic acids is 1. The molecule has 1 atom stereocenters. The normalized spacial score (nSPS) is 16.7. The van der Waals surface area contributed by atoms with Crippen LogP contribution in [0.15, 0.2) is 58.8 Å². The second-order valence-electron chi connectivity index (χ2n) is 7.06. The van der Waals surface area contributed by atoms with Crippen LogP contribution in [0.1, 0.15) is 12.8 Å². The van der Waals surface area contributed by atoms with E-state index in [0.29, 0.717) is 24.1 Å². The van der Waals surface area contributed by atoms with E-state index in [1.54, 1.807) is 17.5 Å². The minimum absolute atomic E-state index is 0.0406. The highest BCUT2D eigenvalue weighted by Gasteiger charge is 2.39. The number of amides is 1. The van der Waals surface area contributed by atoms with Crippen molar-refractivity contribution in [1.29, 1.82) is 0 Å². The summed E-state index contributed by atoms with van der Waals surface area (Å²) in [5.41, 5.74) is 1.14. The lowest BCUT2D eigenvalue weighted by atomic mass is 10.1. The van der Waals surface area contributed by atoms with Crippen molar-refractivity contribution in [2.75, 3.05) is 11.9 Å². The van der Waals surface area contributed by atoms with Crippen LogP contribution in [-0.4, -0.2) is 41.1 Å². The summed E-state index contributed by atoms with van der Waals surface area (Å²) in [6.07, 6.45) is 0.872. The van der Waals surface area contributed by atoms with Gasteiger partial charge in [0.1, 0.15) is 11.9 Å². The molecule has 2 heterocycles. The zero-order chi connectivity index (χ0) is 22.9. The van der Waals surface area contributed by atoms with Gasteiger partial charge in [-0.2, -0.15) is 4.31 Å². The van der Waals surface area contributed by atoms with Gasteiger partial charge in [-0.25, -0.2) is 17.8 Å². The third-order valence-electron chi connectivity index (χ3n) is 5.03. The maximum Gasteiger partial charge on any atom is 0.269 e. The molecule has 12 heteroatoms. The summed E-state index contributed by atoms with van der Waals surface area (Å²) in [5.74, 6) is -1.05. The predicted molar refractivity (Wildman–Crippen MR) is 116 cm³/mol. The monoisotopic (exact) mass is 476 g/mol. The van der Waals surface area contributed by atoms with Gasteiger partial charge in [0.05, 0.1) is 15.5 Å². The average molecular weight is 477 g/mol. The van der Waals surface area contributed by atoms with E-state index >= 15 is 0 Å². The fourth-order valence-corrected chi connectivity index (χ4v) is 5.82. The Balaban J connectivity index is 1.49. The summed E-state index contributed by atoms with van der Waals surface area (Å²) in [4.78, 5) is 27.4. The molecule has 2 aromatic carbocycles. The van der Waals surface area contributed by atoms with E-state index in [1.165, 1.54) is 24.3 Å². The number of sulfonamides is 1. The number of halogens is 1. The van der Waals surface area contributed by atoms with Gasteiger partial charge in [-0.1, -0.05) is 0 Å². The van der Waals surface area contributed by atoms with Crippen LogP contribution in [0.4, 0.5) is 15.2 Å². The number of nitro groups is 1. The number of anilines is 1. The minimum Gasteiger partial charge on any atom is -0.301 e. The molecule has 0 saturated carbocycles. The molecule has 1 aliphatic rings. The van der Waals surface area contributed by atoms with Crippen LogP contribution in [0.3, 0.4) is 0 Å². The summed E-state index contributed by atoms with van der Waals surface area (Å²) in [5, 5.41) is 15.4. The van der Waals surface area contributed by atoms with Crippen LogP contribution in [-0.2, 0) is 14.8 Å². The molecule has 3 aromatic rings. The second kappa shape index (κ2) is 8.73. The first-order valence-electron chi connectivity index (χ1n) is 9.54. The Kier molecular flexibility index (Phi) is 6.00. The number of nitrogens with one attached hydrogen (secondary N) is 1. The first kappa shape index (κ1) is 22.0. The zero-order valence-electron chi connectivity index (χ0n) is 16.5. The van der Waals surface area contributed by atoms with Crippen LogP contribution < -0.4 is 5.32 Å². The van der Waals surface area contributed by atoms with E-state index in [9.17, 15) is 27.7 Å². The number of rotatable bonds is 6. The number of hydrogen-bond donors (Lipinski definition) is 1. The van der Waals surface area contributed by atoms with Gasteiger partial charge in [0.25, 0.3) is 5.69 Å². The minimum atomic E-state index is -3.96. The van der Waals surface area contributed by atoms with E-state index in [1.807, 2.05) is 0 Å². The molecule has 0 aliphatic carbocycles. The fourth-order valence-electron chi connectivity index (χ4n) is 3.44. The third kappa shape index (κ3) is 4.38. The molecule has 0 bridgehead atoms. The average Bonchev–Trinajstić information content (AvgIpc) is 3.44. The molecule has 1 aromatic heterocycles. The maximum atomic E-state index is 13.2. The van der Waals surface area contributed by atoms with E-state index < -0.39 is 32.7 Å². The zero-order valence-corrected chi connectivity index (χ0v) is 18.1. The summed E-state index contributed by atoms with van der Waals surface area (Å²) < 4.78 is 40.2. The molecule has 0 spiro atoms. The largest absolute Gasteiger partial charge is 0.301 e. The quantitative estimate of drug-likeness (QED) is 0.428. The number of thiazole rings is 1. The van der Waals surface area contributed by atoms with Crippen molar-refractivity contribution < 1.29 is 22.5 Å². The van der Waals surface area contributed by atoms with E-state index in [4.69, 9.17) is 0 Å². The number of nitrogens with zero attached hydrogens (tertiary/aromatic N) is 3.